The second-order valence-electron chi connectivity index (χ2n) is 6.89. The van der Waals surface area contributed by atoms with Crippen LogP contribution in [-0.2, 0) is 6.54 Å². The molecule has 4 rings (SSSR count). The lowest BCUT2D eigenvalue weighted by Gasteiger charge is -2.07. The van der Waals surface area contributed by atoms with Crippen molar-refractivity contribution in [1.82, 2.24) is 9.99 Å². The molecule has 0 atom stereocenters. The Balaban J connectivity index is 1.51. The van der Waals surface area contributed by atoms with E-state index in [-0.39, 0.29) is 16.9 Å². The summed E-state index contributed by atoms with van der Waals surface area (Å²) in [4.78, 5) is 12.3. The van der Waals surface area contributed by atoms with E-state index in [1.54, 1.807) is 6.21 Å². The van der Waals surface area contributed by atoms with Crippen LogP contribution in [0.25, 0.3) is 10.9 Å². The van der Waals surface area contributed by atoms with Crippen molar-refractivity contribution in [3.8, 4) is 11.8 Å². The molecule has 0 aliphatic rings. The van der Waals surface area contributed by atoms with E-state index in [0.29, 0.717) is 11.6 Å². The Kier molecular flexibility index (Phi) is 5.69. The van der Waals surface area contributed by atoms with Crippen LogP contribution in [0.3, 0.4) is 0 Å². The van der Waals surface area contributed by atoms with Gasteiger partial charge in [-0.2, -0.15) is 10.4 Å². The summed E-state index contributed by atoms with van der Waals surface area (Å²) in [5, 5.41) is 24.3. The fourth-order valence-electron chi connectivity index (χ4n) is 3.28. The summed E-state index contributed by atoms with van der Waals surface area (Å²) in [6, 6.07) is 21.5. The van der Waals surface area contributed by atoms with Crippen molar-refractivity contribution >= 4 is 34.6 Å². The molecule has 4 aromatic rings. The largest absolute Gasteiger partial charge is 0.507 e. The Hall–Kier alpha value is -4.08. The summed E-state index contributed by atoms with van der Waals surface area (Å²) in [7, 11) is 0. The van der Waals surface area contributed by atoms with Gasteiger partial charge in [-0.05, 0) is 48.0 Å². The number of nitrogens with one attached hydrogen (secondary N) is 1. The Morgan fingerprint density at radius 2 is 1.97 bits per heavy atom. The summed E-state index contributed by atoms with van der Waals surface area (Å²) in [5.74, 6) is -0.641. The van der Waals surface area contributed by atoms with Crippen molar-refractivity contribution in [2.75, 3.05) is 0 Å². The van der Waals surface area contributed by atoms with Gasteiger partial charge in [-0.25, -0.2) is 5.43 Å². The number of rotatable bonds is 5. The molecule has 0 unspecified atom stereocenters. The first-order chi connectivity index (χ1) is 15.0. The molecule has 1 heterocycles. The van der Waals surface area contributed by atoms with Gasteiger partial charge in [0.05, 0.1) is 11.8 Å². The van der Waals surface area contributed by atoms with Crippen molar-refractivity contribution in [3.05, 3.63) is 100 Å². The number of hydrazone groups is 1. The molecule has 31 heavy (non-hydrogen) atoms. The van der Waals surface area contributed by atoms with Gasteiger partial charge in [-0.1, -0.05) is 35.9 Å². The average Bonchev–Trinajstić information content (AvgIpc) is 3.19. The van der Waals surface area contributed by atoms with Gasteiger partial charge in [0.1, 0.15) is 11.8 Å². The number of halogens is 1. The highest BCUT2D eigenvalue weighted by atomic mass is 35.5. The number of nitrogens with zero attached hydrogens (tertiary/aromatic N) is 3. The van der Waals surface area contributed by atoms with E-state index < -0.39 is 5.91 Å². The Morgan fingerprint density at radius 3 is 2.74 bits per heavy atom. The van der Waals surface area contributed by atoms with Crippen LogP contribution in [0.2, 0.25) is 5.02 Å². The van der Waals surface area contributed by atoms with Crippen molar-refractivity contribution in [1.29, 1.82) is 5.26 Å². The molecule has 0 aliphatic heterocycles. The molecule has 0 saturated carbocycles. The van der Waals surface area contributed by atoms with E-state index in [1.165, 1.54) is 18.2 Å². The second-order valence-corrected chi connectivity index (χ2v) is 7.33. The monoisotopic (exact) mass is 428 g/mol. The molecule has 0 radical (unpaired) electrons. The molecule has 0 aliphatic carbocycles. The molecule has 7 heteroatoms. The number of hydrogen-bond donors (Lipinski definition) is 2. The second kappa shape index (κ2) is 8.74. The van der Waals surface area contributed by atoms with Gasteiger partial charge in [0.25, 0.3) is 5.91 Å². The maximum absolute atomic E-state index is 12.3. The highest BCUT2D eigenvalue weighted by Crippen LogP contribution is 2.21. The SMILES string of the molecule is N#Cc1cc(C(=O)N/N=C/c2cccc3c2ccn3Cc2ccc(Cl)cc2)ccc1O. The molecule has 0 spiro atoms. The molecule has 2 N–H and O–H groups in total. The molecule has 0 fully saturated rings. The van der Waals surface area contributed by atoms with Gasteiger partial charge in [0.2, 0.25) is 0 Å². The van der Waals surface area contributed by atoms with Crippen molar-refractivity contribution < 1.29 is 9.90 Å². The predicted octanol–water partition coefficient (Wildman–Crippen LogP) is 4.68. The number of carbonyl (C=O) groups excluding carboxylic acids is 1. The van der Waals surface area contributed by atoms with Crippen molar-refractivity contribution in [2.45, 2.75) is 6.54 Å². The number of nitriles is 1. The molecular weight excluding hydrogens is 412 g/mol. The number of fused-ring (bicyclic) bond motifs is 1. The van der Waals surface area contributed by atoms with Crippen LogP contribution in [0.4, 0.5) is 0 Å². The van der Waals surface area contributed by atoms with Gasteiger partial charge >= 0.3 is 0 Å². The Labute approximate surface area is 183 Å². The summed E-state index contributed by atoms with van der Waals surface area (Å²) in [5.41, 5.74) is 5.76. The third-order valence-electron chi connectivity index (χ3n) is 4.86. The zero-order valence-electron chi connectivity index (χ0n) is 16.3. The number of benzene rings is 3. The topological polar surface area (TPSA) is 90.4 Å². The van der Waals surface area contributed by atoms with E-state index in [2.05, 4.69) is 15.1 Å². The molecule has 152 valence electrons. The number of phenols is 1. The maximum atomic E-state index is 12.3. The molecular formula is C24H17ClN4O2. The van der Waals surface area contributed by atoms with Gasteiger partial charge in [-0.3, -0.25) is 4.79 Å². The van der Waals surface area contributed by atoms with Crippen LogP contribution in [0.15, 0.2) is 78.0 Å². The smallest absolute Gasteiger partial charge is 0.271 e. The number of carbonyl (C=O) groups is 1. The van der Waals surface area contributed by atoms with Crippen LogP contribution >= 0.6 is 11.6 Å². The standard InChI is InChI=1S/C24H17ClN4O2/c25-20-7-4-16(5-8-20)15-29-11-10-21-18(2-1-3-22(21)29)14-27-28-24(31)17-6-9-23(30)19(12-17)13-26/h1-12,14,30H,15H2,(H,28,31)/b27-14+. The number of aromatic hydroxyl groups is 1. The highest BCUT2D eigenvalue weighted by Gasteiger charge is 2.09. The summed E-state index contributed by atoms with van der Waals surface area (Å²) in [6.07, 6.45) is 3.59. The first-order valence-electron chi connectivity index (χ1n) is 9.44. The van der Waals surface area contributed by atoms with Gasteiger partial charge < -0.3 is 9.67 Å². The molecule has 6 nitrogen and oxygen atoms in total. The summed E-state index contributed by atoms with van der Waals surface area (Å²) in [6.45, 7) is 0.708. The fraction of sp³-hybridized carbons (Fsp3) is 0.0417. The van der Waals surface area contributed by atoms with Gasteiger partial charge in [0.15, 0.2) is 0 Å². The fourth-order valence-corrected chi connectivity index (χ4v) is 3.40. The lowest BCUT2D eigenvalue weighted by atomic mass is 10.1. The minimum absolute atomic E-state index is 0.0309. The molecule has 3 aromatic carbocycles. The van der Waals surface area contributed by atoms with E-state index in [0.717, 1.165) is 22.0 Å². The predicted molar refractivity (Wildman–Crippen MR) is 120 cm³/mol. The van der Waals surface area contributed by atoms with Crippen molar-refractivity contribution in [2.24, 2.45) is 5.10 Å². The van der Waals surface area contributed by atoms with E-state index >= 15 is 0 Å². The van der Waals surface area contributed by atoms with Crippen LogP contribution in [-0.4, -0.2) is 21.8 Å². The quantitative estimate of drug-likeness (QED) is 0.357. The van der Waals surface area contributed by atoms with Crippen LogP contribution in [0.1, 0.15) is 27.0 Å². The number of hydrogen-bond acceptors (Lipinski definition) is 4. The van der Waals surface area contributed by atoms with Crippen LogP contribution in [0, 0.1) is 11.3 Å². The number of amides is 1. The minimum Gasteiger partial charge on any atom is -0.507 e. The van der Waals surface area contributed by atoms with Gasteiger partial charge in [0, 0.05) is 39.8 Å². The van der Waals surface area contributed by atoms with E-state index in [9.17, 15) is 9.90 Å². The Bertz CT molecular complexity index is 1330. The normalized spacial score (nSPS) is 11.0. The number of aromatic nitrogens is 1. The van der Waals surface area contributed by atoms with Crippen LogP contribution in [0.5, 0.6) is 5.75 Å². The highest BCUT2D eigenvalue weighted by molar-refractivity contribution is 6.30. The Morgan fingerprint density at radius 1 is 1.16 bits per heavy atom. The third-order valence-corrected chi connectivity index (χ3v) is 5.11. The summed E-state index contributed by atoms with van der Waals surface area (Å²) < 4.78 is 2.13. The van der Waals surface area contributed by atoms with E-state index in [4.69, 9.17) is 16.9 Å². The lowest BCUT2D eigenvalue weighted by molar-refractivity contribution is 0.0955. The maximum Gasteiger partial charge on any atom is 0.271 e. The molecule has 1 aromatic heterocycles. The third kappa shape index (κ3) is 4.42. The van der Waals surface area contributed by atoms with Crippen LogP contribution < -0.4 is 5.43 Å². The molecule has 0 bridgehead atoms. The zero-order chi connectivity index (χ0) is 21.8. The number of phenolic OH excluding ortho intramolecular Hbond substituents is 1. The first kappa shape index (κ1) is 20.2. The molecule has 1 amide bonds. The zero-order valence-corrected chi connectivity index (χ0v) is 17.0. The minimum atomic E-state index is -0.472. The van der Waals surface area contributed by atoms with E-state index in [1.807, 2.05) is 60.8 Å². The van der Waals surface area contributed by atoms with Gasteiger partial charge in [-0.15, -0.1) is 0 Å². The lowest BCUT2D eigenvalue weighted by Crippen LogP contribution is -2.17. The summed E-state index contributed by atoms with van der Waals surface area (Å²) >= 11 is 5.96. The van der Waals surface area contributed by atoms with Crippen molar-refractivity contribution in [3.63, 3.8) is 0 Å². The average molecular weight is 429 g/mol. The first-order valence-corrected chi connectivity index (χ1v) is 9.82. The molecule has 0 saturated heterocycles.